The fraction of sp³-hybridized carbons (Fsp3) is 0.750. The predicted octanol–water partition coefficient (Wildman–Crippen LogP) is -0.392. The van der Waals surface area contributed by atoms with Gasteiger partial charge in [-0.1, -0.05) is 5.21 Å². The molecule has 0 aliphatic carbocycles. The van der Waals surface area contributed by atoms with Crippen LogP contribution in [0.3, 0.4) is 0 Å². The SMILES string of the molecule is Cn1nnc(Br)c1S(=O)(=O)N[C@H]1CCCNC1. The minimum absolute atomic E-state index is 0.0584. The fourth-order valence-electron chi connectivity index (χ4n) is 1.84. The first-order chi connectivity index (χ1) is 8.00. The third kappa shape index (κ3) is 2.84. The molecule has 1 aliphatic heterocycles. The van der Waals surface area contributed by atoms with E-state index in [1.807, 2.05) is 0 Å². The Morgan fingerprint density at radius 1 is 1.59 bits per heavy atom. The van der Waals surface area contributed by atoms with E-state index in [-0.39, 0.29) is 15.7 Å². The van der Waals surface area contributed by atoms with E-state index in [1.165, 1.54) is 4.68 Å². The van der Waals surface area contributed by atoms with Crippen molar-refractivity contribution < 1.29 is 8.42 Å². The summed E-state index contributed by atoms with van der Waals surface area (Å²) in [6.07, 6.45) is 1.81. The Hall–Kier alpha value is -0.510. The molecule has 2 heterocycles. The van der Waals surface area contributed by atoms with Crippen LogP contribution in [0.1, 0.15) is 12.8 Å². The molecule has 96 valence electrons. The van der Waals surface area contributed by atoms with Crippen molar-refractivity contribution in [2.24, 2.45) is 7.05 Å². The van der Waals surface area contributed by atoms with Crippen molar-refractivity contribution in [1.82, 2.24) is 25.0 Å². The first kappa shape index (κ1) is 12.9. The normalized spacial score (nSPS) is 21.6. The second kappa shape index (κ2) is 5.01. The van der Waals surface area contributed by atoms with Gasteiger partial charge < -0.3 is 5.32 Å². The zero-order valence-electron chi connectivity index (χ0n) is 9.35. The number of piperidine rings is 1. The van der Waals surface area contributed by atoms with Crippen LogP contribution in [0.5, 0.6) is 0 Å². The highest BCUT2D eigenvalue weighted by molar-refractivity contribution is 9.10. The lowest BCUT2D eigenvalue weighted by molar-refractivity contribution is 0.427. The third-order valence-electron chi connectivity index (χ3n) is 2.61. The lowest BCUT2D eigenvalue weighted by Gasteiger charge is -2.23. The summed E-state index contributed by atoms with van der Waals surface area (Å²) in [5.41, 5.74) is 0. The summed E-state index contributed by atoms with van der Waals surface area (Å²) in [4.78, 5) is 0. The number of hydrogen-bond donors (Lipinski definition) is 2. The summed E-state index contributed by atoms with van der Waals surface area (Å²) in [7, 11) is -2.03. The number of rotatable bonds is 3. The highest BCUT2D eigenvalue weighted by Gasteiger charge is 2.27. The smallest absolute Gasteiger partial charge is 0.260 e. The van der Waals surface area contributed by atoms with E-state index in [0.29, 0.717) is 6.54 Å². The Labute approximate surface area is 108 Å². The number of halogens is 1. The molecule has 1 fully saturated rings. The van der Waals surface area contributed by atoms with Crippen LogP contribution in [-0.4, -0.2) is 42.5 Å². The zero-order chi connectivity index (χ0) is 12.5. The van der Waals surface area contributed by atoms with Crippen LogP contribution in [0, 0.1) is 0 Å². The molecule has 17 heavy (non-hydrogen) atoms. The zero-order valence-corrected chi connectivity index (χ0v) is 11.8. The Bertz CT molecular complexity index is 475. The third-order valence-corrected chi connectivity index (χ3v) is 5.02. The summed E-state index contributed by atoms with van der Waals surface area (Å²) < 4.78 is 28.4. The Kier molecular flexibility index (Phi) is 3.81. The summed E-state index contributed by atoms with van der Waals surface area (Å²) in [5.74, 6) is 0. The van der Waals surface area contributed by atoms with Crippen molar-refractivity contribution in [1.29, 1.82) is 0 Å². The lowest BCUT2D eigenvalue weighted by atomic mass is 10.1. The second-order valence-electron chi connectivity index (χ2n) is 3.97. The maximum Gasteiger partial charge on any atom is 0.260 e. The first-order valence-electron chi connectivity index (χ1n) is 5.29. The van der Waals surface area contributed by atoms with Gasteiger partial charge in [0.2, 0.25) is 5.03 Å². The van der Waals surface area contributed by atoms with E-state index < -0.39 is 10.0 Å². The summed E-state index contributed by atoms with van der Waals surface area (Å²) in [6, 6.07) is -0.0736. The number of sulfonamides is 1. The van der Waals surface area contributed by atoms with E-state index in [2.05, 4.69) is 36.3 Å². The number of nitrogens with one attached hydrogen (secondary N) is 2. The first-order valence-corrected chi connectivity index (χ1v) is 7.56. The predicted molar refractivity (Wildman–Crippen MR) is 64.9 cm³/mol. The average molecular weight is 324 g/mol. The van der Waals surface area contributed by atoms with E-state index >= 15 is 0 Å². The minimum atomic E-state index is -3.58. The molecule has 0 aromatic carbocycles. The molecule has 1 aromatic heterocycles. The molecule has 7 nitrogen and oxygen atoms in total. The molecule has 0 spiro atoms. The number of hydrogen-bond acceptors (Lipinski definition) is 5. The van der Waals surface area contributed by atoms with Crippen LogP contribution in [0.4, 0.5) is 0 Å². The van der Waals surface area contributed by atoms with Gasteiger partial charge in [0, 0.05) is 19.6 Å². The molecule has 9 heteroatoms. The molecule has 0 bridgehead atoms. The molecule has 2 rings (SSSR count). The van der Waals surface area contributed by atoms with Gasteiger partial charge in [-0.3, -0.25) is 0 Å². The van der Waals surface area contributed by atoms with Crippen LogP contribution in [0.15, 0.2) is 9.63 Å². The quantitative estimate of drug-likeness (QED) is 0.790. The van der Waals surface area contributed by atoms with Crippen molar-refractivity contribution in [3.8, 4) is 0 Å². The van der Waals surface area contributed by atoms with Crippen molar-refractivity contribution in [2.45, 2.75) is 23.9 Å². The average Bonchev–Trinajstić information content (AvgIpc) is 2.59. The van der Waals surface area contributed by atoms with Gasteiger partial charge in [0.1, 0.15) is 0 Å². The van der Waals surface area contributed by atoms with Crippen LogP contribution in [0.2, 0.25) is 0 Å². The van der Waals surface area contributed by atoms with Gasteiger partial charge >= 0.3 is 0 Å². The number of nitrogens with zero attached hydrogens (tertiary/aromatic N) is 3. The van der Waals surface area contributed by atoms with Gasteiger partial charge in [0.05, 0.1) is 0 Å². The van der Waals surface area contributed by atoms with E-state index in [1.54, 1.807) is 7.05 Å². The maximum absolute atomic E-state index is 12.1. The summed E-state index contributed by atoms with van der Waals surface area (Å²) >= 11 is 3.09. The van der Waals surface area contributed by atoms with E-state index in [4.69, 9.17) is 0 Å². The minimum Gasteiger partial charge on any atom is -0.315 e. The van der Waals surface area contributed by atoms with Gasteiger partial charge in [-0.2, -0.15) is 0 Å². The number of aromatic nitrogens is 3. The molecular weight excluding hydrogens is 310 g/mol. The highest BCUT2D eigenvalue weighted by atomic mass is 79.9. The molecule has 0 unspecified atom stereocenters. The highest BCUT2D eigenvalue weighted by Crippen LogP contribution is 2.18. The molecule has 0 amide bonds. The van der Waals surface area contributed by atoms with Gasteiger partial charge in [-0.15, -0.1) is 5.10 Å². The van der Waals surface area contributed by atoms with E-state index in [9.17, 15) is 8.42 Å². The van der Waals surface area contributed by atoms with Gasteiger partial charge in [0.25, 0.3) is 10.0 Å². The van der Waals surface area contributed by atoms with Gasteiger partial charge in [-0.05, 0) is 35.3 Å². The Balaban J connectivity index is 2.19. The maximum atomic E-state index is 12.1. The summed E-state index contributed by atoms with van der Waals surface area (Å²) in [5, 5.41) is 10.5. The summed E-state index contributed by atoms with van der Waals surface area (Å²) in [6.45, 7) is 1.59. The molecular formula is C8H14BrN5O2S. The van der Waals surface area contributed by atoms with Crippen LogP contribution in [0.25, 0.3) is 0 Å². The molecule has 0 saturated carbocycles. The molecule has 0 radical (unpaired) electrons. The van der Waals surface area contributed by atoms with E-state index in [0.717, 1.165) is 19.4 Å². The van der Waals surface area contributed by atoms with Crippen LogP contribution >= 0.6 is 15.9 Å². The van der Waals surface area contributed by atoms with Crippen molar-refractivity contribution >= 4 is 26.0 Å². The molecule has 1 atom stereocenters. The largest absolute Gasteiger partial charge is 0.315 e. The van der Waals surface area contributed by atoms with Crippen molar-refractivity contribution in [3.05, 3.63) is 4.60 Å². The monoisotopic (exact) mass is 323 g/mol. The van der Waals surface area contributed by atoms with Crippen LogP contribution < -0.4 is 10.0 Å². The second-order valence-corrected chi connectivity index (χ2v) is 6.35. The molecule has 1 aromatic rings. The fourth-order valence-corrected chi connectivity index (χ4v) is 4.20. The molecule has 2 N–H and O–H groups in total. The van der Waals surface area contributed by atoms with Gasteiger partial charge in [0.15, 0.2) is 4.60 Å². The topological polar surface area (TPSA) is 88.9 Å². The van der Waals surface area contributed by atoms with Crippen molar-refractivity contribution in [2.75, 3.05) is 13.1 Å². The Morgan fingerprint density at radius 2 is 2.35 bits per heavy atom. The van der Waals surface area contributed by atoms with Crippen LogP contribution in [-0.2, 0) is 17.1 Å². The molecule has 1 aliphatic rings. The number of aryl methyl sites for hydroxylation is 1. The standard InChI is InChI=1S/C8H14BrN5O2S/c1-14-8(7(9)11-13-14)17(15,16)12-6-3-2-4-10-5-6/h6,10,12H,2-5H2,1H3/t6-/m0/s1. The van der Waals surface area contributed by atoms with Crippen molar-refractivity contribution in [3.63, 3.8) is 0 Å². The molecule has 1 saturated heterocycles. The Morgan fingerprint density at radius 3 is 2.88 bits per heavy atom. The lowest BCUT2D eigenvalue weighted by Crippen LogP contribution is -2.45. The van der Waals surface area contributed by atoms with Gasteiger partial charge in [-0.25, -0.2) is 17.8 Å².